The molecule has 0 amide bonds. The van der Waals surface area contributed by atoms with Crippen molar-refractivity contribution >= 4 is 40.0 Å². The maximum absolute atomic E-state index is 12.1. The number of hydrogen-bond donors (Lipinski definition) is 3. The molecule has 0 unspecified atom stereocenters. The molecule has 0 aliphatic heterocycles. The van der Waals surface area contributed by atoms with E-state index in [1.807, 2.05) is 6.92 Å². The highest BCUT2D eigenvalue weighted by Gasteiger charge is 2.33. The van der Waals surface area contributed by atoms with E-state index in [2.05, 4.69) is 20.3 Å². The Kier molecular flexibility index (Phi) is 12.2. The third kappa shape index (κ3) is 9.13. The number of hydrogen-bond acceptors (Lipinski definition) is 4. The number of sulfonamides is 1. The quantitative estimate of drug-likeness (QED) is 0.156. The molecule has 7 nitrogen and oxygen atoms in total. The zero-order chi connectivity index (χ0) is 19.6. The Bertz CT molecular complexity index is 562. The van der Waals surface area contributed by atoms with Crippen LogP contribution in [0.2, 0.25) is 0 Å². The van der Waals surface area contributed by atoms with Gasteiger partial charge in [-0.25, -0.2) is 13.1 Å². The zero-order valence-electron chi connectivity index (χ0n) is 17.5. The summed E-state index contributed by atoms with van der Waals surface area (Å²) in [6.07, 6.45) is 9.53. The first-order chi connectivity index (χ1) is 13.0. The summed E-state index contributed by atoms with van der Waals surface area (Å²) < 4.78 is 32.5. The minimum absolute atomic E-state index is 0. The molecular weight excluding hydrogens is 491 g/mol. The molecule has 0 aromatic rings. The number of nitrogens with one attached hydrogen (secondary N) is 3. The van der Waals surface area contributed by atoms with Crippen LogP contribution < -0.4 is 15.4 Å². The largest absolute Gasteiger partial charge is 0.382 e. The zero-order valence-corrected chi connectivity index (χ0v) is 20.6. The standard InChI is InChI=1S/C19H38N4O3S.HI/c1-3-26-13-11-19(9-4-5-10-19)16-22-18(20-2)21-12-14-27(24,25)23-15-17-7-6-8-17;/h17,23H,3-16H2,1-2H3,(H2,20,21,22);1H. The Morgan fingerprint density at radius 3 is 2.46 bits per heavy atom. The van der Waals surface area contributed by atoms with Gasteiger partial charge in [0.15, 0.2) is 5.96 Å². The fourth-order valence-electron chi connectivity index (χ4n) is 3.88. The lowest BCUT2D eigenvalue weighted by molar-refractivity contribution is 0.105. The van der Waals surface area contributed by atoms with Crippen LogP contribution in [0.3, 0.4) is 0 Å². The van der Waals surface area contributed by atoms with Gasteiger partial charge < -0.3 is 15.4 Å². The maximum atomic E-state index is 12.1. The van der Waals surface area contributed by atoms with Gasteiger partial charge in [-0.2, -0.15) is 0 Å². The van der Waals surface area contributed by atoms with Crippen LogP contribution >= 0.6 is 24.0 Å². The molecule has 0 bridgehead atoms. The molecule has 3 N–H and O–H groups in total. The second-order valence-electron chi connectivity index (χ2n) is 7.97. The predicted molar refractivity (Wildman–Crippen MR) is 126 cm³/mol. The van der Waals surface area contributed by atoms with Crippen LogP contribution in [0.15, 0.2) is 4.99 Å². The Morgan fingerprint density at radius 1 is 1.18 bits per heavy atom. The Hall–Kier alpha value is -0.130. The van der Waals surface area contributed by atoms with Crippen LogP contribution in [-0.4, -0.2) is 60.0 Å². The van der Waals surface area contributed by atoms with Crippen molar-refractivity contribution in [2.45, 2.75) is 58.3 Å². The van der Waals surface area contributed by atoms with Gasteiger partial charge >= 0.3 is 0 Å². The number of ether oxygens (including phenoxy) is 1. The lowest BCUT2D eigenvalue weighted by Gasteiger charge is -2.30. The highest BCUT2D eigenvalue weighted by molar-refractivity contribution is 14.0. The van der Waals surface area contributed by atoms with E-state index in [0.717, 1.165) is 39.0 Å². The molecule has 2 aliphatic carbocycles. The van der Waals surface area contributed by atoms with Crippen molar-refractivity contribution in [2.75, 3.05) is 45.6 Å². The first-order valence-electron chi connectivity index (χ1n) is 10.5. The fourth-order valence-corrected chi connectivity index (χ4v) is 4.89. The van der Waals surface area contributed by atoms with E-state index in [0.29, 0.717) is 25.0 Å². The van der Waals surface area contributed by atoms with Gasteiger partial charge in [0.05, 0.1) is 5.75 Å². The van der Waals surface area contributed by atoms with Gasteiger partial charge in [0.1, 0.15) is 0 Å². The summed E-state index contributed by atoms with van der Waals surface area (Å²) in [5.74, 6) is 1.27. The summed E-state index contributed by atoms with van der Waals surface area (Å²) in [6.45, 7) is 5.38. The van der Waals surface area contributed by atoms with E-state index < -0.39 is 10.0 Å². The average Bonchev–Trinajstić information content (AvgIpc) is 3.05. The second-order valence-corrected chi connectivity index (χ2v) is 9.90. The summed E-state index contributed by atoms with van der Waals surface area (Å²) >= 11 is 0. The van der Waals surface area contributed by atoms with Crippen LogP contribution in [0.5, 0.6) is 0 Å². The molecular formula is C19H39IN4O3S. The summed E-state index contributed by atoms with van der Waals surface area (Å²) in [5.41, 5.74) is 0.267. The first-order valence-corrected chi connectivity index (χ1v) is 12.1. The Labute approximate surface area is 188 Å². The van der Waals surface area contributed by atoms with Crippen LogP contribution in [0, 0.1) is 11.3 Å². The van der Waals surface area contributed by atoms with Crippen molar-refractivity contribution < 1.29 is 13.2 Å². The fraction of sp³-hybridized carbons (Fsp3) is 0.947. The Morgan fingerprint density at radius 2 is 1.89 bits per heavy atom. The lowest BCUT2D eigenvalue weighted by Crippen LogP contribution is -2.45. The van der Waals surface area contributed by atoms with Gasteiger partial charge in [0.2, 0.25) is 10.0 Å². The first kappa shape index (κ1) is 25.9. The van der Waals surface area contributed by atoms with E-state index >= 15 is 0 Å². The monoisotopic (exact) mass is 530 g/mol. The molecule has 0 atom stereocenters. The number of guanidine groups is 1. The molecule has 0 aromatic heterocycles. The summed E-state index contributed by atoms with van der Waals surface area (Å²) in [6, 6.07) is 0. The second kappa shape index (κ2) is 13.2. The minimum Gasteiger partial charge on any atom is -0.382 e. The molecule has 28 heavy (non-hydrogen) atoms. The number of halogens is 1. The normalized spacial score (nSPS) is 19.7. The molecule has 9 heteroatoms. The average molecular weight is 531 g/mol. The third-order valence-electron chi connectivity index (χ3n) is 5.98. The van der Waals surface area contributed by atoms with Crippen LogP contribution in [-0.2, 0) is 14.8 Å². The number of nitrogens with zero attached hydrogens (tertiary/aromatic N) is 1. The van der Waals surface area contributed by atoms with E-state index in [9.17, 15) is 8.42 Å². The van der Waals surface area contributed by atoms with Crippen molar-refractivity contribution in [1.82, 2.24) is 15.4 Å². The topological polar surface area (TPSA) is 91.8 Å². The van der Waals surface area contributed by atoms with Gasteiger partial charge in [-0.15, -0.1) is 24.0 Å². The molecule has 0 spiro atoms. The Balaban J connectivity index is 0.00000392. The lowest BCUT2D eigenvalue weighted by atomic mass is 9.83. The molecule has 0 aromatic carbocycles. The van der Waals surface area contributed by atoms with E-state index in [1.165, 1.54) is 32.1 Å². The molecule has 2 aliphatic rings. The van der Waals surface area contributed by atoms with E-state index in [1.54, 1.807) is 7.05 Å². The van der Waals surface area contributed by atoms with Gasteiger partial charge in [-0.1, -0.05) is 19.3 Å². The van der Waals surface area contributed by atoms with Gasteiger partial charge in [0.25, 0.3) is 0 Å². The summed E-state index contributed by atoms with van der Waals surface area (Å²) in [7, 11) is -1.50. The van der Waals surface area contributed by atoms with Crippen molar-refractivity contribution in [3.63, 3.8) is 0 Å². The van der Waals surface area contributed by atoms with Crippen LogP contribution in [0.25, 0.3) is 0 Å². The maximum Gasteiger partial charge on any atom is 0.213 e. The van der Waals surface area contributed by atoms with Crippen LogP contribution in [0.4, 0.5) is 0 Å². The minimum atomic E-state index is -3.23. The van der Waals surface area contributed by atoms with Gasteiger partial charge in [-0.3, -0.25) is 4.99 Å². The van der Waals surface area contributed by atoms with Crippen molar-refractivity contribution in [2.24, 2.45) is 16.3 Å². The van der Waals surface area contributed by atoms with E-state index in [-0.39, 0.29) is 35.1 Å². The van der Waals surface area contributed by atoms with Crippen molar-refractivity contribution in [3.8, 4) is 0 Å². The number of rotatable bonds is 12. The predicted octanol–water partition coefficient (Wildman–Crippen LogP) is 2.48. The van der Waals surface area contributed by atoms with Crippen LogP contribution in [0.1, 0.15) is 58.3 Å². The van der Waals surface area contributed by atoms with Gasteiger partial charge in [-0.05, 0) is 50.4 Å². The third-order valence-corrected chi connectivity index (χ3v) is 7.33. The highest BCUT2D eigenvalue weighted by atomic mass is 127. The molecule has 2 fully saturated rings. The molecule has 166 valence electrons. The smallest absolute Gasteiger partial charge is 0.213 e. The molecule has 2 rings (SSSR count). The van der Waals surface area contributed by atoms with Gasteiger partial charge in [0, 0.05) is 39.9 Å². The number of aliphatic imine (C=N–C) groups is 1. The molecule has 0 heterocycles. The summed E-state index contributed by atoms with van der Waals surface area (Å²) in [5, 5.41) is 6.54. The highest BCUT2D eigenvalue weighted by Crippen LogP contribution is 2.40. The molecule has 2 saturated carbocycles. The summed E-state index contributed by atoms with van der Waals surface area (Å²) in [4.78, 5) is 4.24. The molecule has 0 radical (unpaired) electrons. The van der Waals surface area contributed by atoms with E-state index in [4.69, 9.17) is 4.74 Å². The SMILES string of the molecule is CCOCCC1(CNC(=NC)NCCS(=O)(=O)NCC2CCC2)CCCC1.I. The van der Waals surface area contributed by atoms with Crippen molar-refractivity contribution in [3.05, 3.63) is 0 Å². The molecule has 0 saturated heterocycles. The van der Waals surface area contributed by atoms with Crippen molar-refractivity contribution in [1.29, 1.82) is 0 Å².